The number of nitrogens with two attached hydrogens (primary N) is 1. The van der Waals surface area contributed by atoms with Gasteiger partial charge in [0.2, 0.25) is 0 Å². The number of nitrogens with one attached hydrogen (secondary N) is 1. The van der Waals surface area contributed by atoms with Crippen molar-refractivity contribution in [3.05, 3.63) is 23.4 Å². The van der Waals surface area contributed by atoms with E-state index in [1.54, 1.807) is 13.0 Å². The summed E-state index contributed by atoms with van der Waals surface area (Å²) in [5.74, 6) is -0.0976. The number of nitrogens with zero attached hydrogens (tertiary/aromatic N) is 2. The molecule has 0 spiro atoms. The molecular weight excluding hydrogens is 233 g/mol. The Kier molecular flexibility index (Phi) is 3.91. The van der Waals surface area contributed by atoms with Crippen LogP contribution in [0.4, 0.5) is 19.0 Å². The number of anilines is 1. The minimum Gasteiger partial charge on any atom is -0.367 e. The van der Waals surface area contributed by atoms with E-state index in [9.17, 15) is 13.2 Å². The van der Waals surface area contributed by atoms with E-state index in [0.29, 0.717) is 0 Å². The van der Waals surface area contributed by atoms with Crippen molar-refractivity contribution < 1.29 is 13.2 Å². The molecule has 0 amide bonds. The third-order valence-electron chi connectivity index (χ3n) is 1.90. The lowest BCUT2D eigenvalue weighted by Crippen LogP contribution is -2.26. The first-order valence-corrected chi connectivity index (χ1v) is 4.82. The molecule has 0 aliphatic heterocycles. The van der Waals surface area contributed by atoms with E-state index >= 15 is 0 Å². The number of rotatable bonds is 3. The summed E-state index contributed by atoms with van der Waals surface area (Å²) >= 11 is 0. The third kappa shape index (κ3) is 3.60. The molecule has 0 radical (unpaired) electrons. The van der Waals surface area contributed by atoms with Crippen LogP contribution in [0.25, 0.3) is 0 Å². The average Bonchev–Trinajstić information content (AvgIpc) is 2.24. The second-order valence-corrected chi connectivity index (χ2v) is 3.56. The smallest absolute Gasteiger partial charge is 0.367 e. The molecule has 92 valence electrons. The molecule has 0 bridgehead atoms. The summed E-state index contributed by atoms with van der Waals surface area (Å²) < 4.78 is 37.2. The molecule has 1 heterocycles. The Labute approximate surface area is 96.3 Å². The van der Waals surface area contributed by atoms with Crippen LogP contribution >= 0.6 is 0 Å². The first-order valence-electron chi connectivity index (χ1n) is 4.82. The number of alkyl halides is 3. The maximum atomic E-state index is 12.4. The van der Waals surface area contributed by atoms with Crippen molar-refractivity contribution in [3.8, 4) is 6.07 Å². The molecular formula is C10H11F3N4. The van der Waals surface area contributed by atoms with E-state index in [1.807, 2.05) is 0 Å². The monoisotopic (exact) mass is 244 g/mol. The second kappa shape index (κ2) is 5.01. The Bertz CT molecular complexity index is 434. The van der Waals surface area contributed by atoms with Gasteiger partial charge in [0, 0.05) is 12.6 Å². The van der Waals surface area contributed by atoms with E-state index in [0.717, 1.165) is 12.1 Å². The van der Waals surface area contributed by atoms with Crippen LogP contribution < -0.4 is 11.1 Å². The lowest BCUT2D eigenvalue weighted by Gasteiger charge is -2.12. The van der Waals surface area contributed by atoms with Crippen molar-refractivity contribution >= 4 is 5.82 Å². The number of nitriles is 1. The molecule has 7 heteroatoms. The van der Waals surface area contributed by atoms with Gasteiger partial charge in [-0.05, 0) is 19.1 Å². The van der Waals surface area contributed by atoms with Gasteiger partial charge in [-0.2, -0.15) is 18.4 Å². The molecule has 3 N–H and O–H groups in total. The Morgan fingerprint density at radius 3 is 2.65 bits per heavy atom. The first kappa shape index (κ1) is 13.3. The molecule has 4 nitrogen and oxygen atoms in total. The fraction of sp³-hybridized carbons (Fsp3) is 0.400. The molecule has 1 aromatic heterocycles. The van der Waals surface area contributed by atoms with Gasteiger partial charge in [-0.15, -0.1) is 0 Å². The summed E-state index contributed by atoms with van der Waals surface area (Å²) in [5.41, 5.74) is 4.48. The highest BCUT2D eigenvalue weighted by Gasteiger charge is 2.33. The van der Waals surface area contributed by atoms with Crippen LogP contribution in [0.2, 0.25) is 0 Å². The SMILES string of the molecule is CC(N)CNc1nc(C(F)(F)F)ccc1C#N. The second-order valence-electron chi connectivity index (χ2n) is 3.56. The van der Waals surface area contributed by atoms with Gasteiger partial charge in [-0.3, -0.25) is 0 Å². The predicted molar refractivity (Wildman–Crippen MR) is 56.1 cm³/mol. The van der Waals surface area contributed by atoms with Gasteiger partial charge in [0.1, 0.15) is 17.6 Å². The summed E-state index contributed by atoms with van der Waals surface area (Å²) in [6.07, 6.45) is -4.53. The maximum Gasteiger partial charge on any atom is 0.433 e. The molecule has 1 aromatic rings. The van der Waals surface area contributed by atoms with Crippen LogP contribution in [0.1, 0.15) is 18.2 Å². The summed E-state index contributed by atoms with van der Waals surface area (Å²) in [6, 6.07) is 3.37. The Hall–Kier alpha value is -1.81. The molecule has 0 aliphatic rings. The summed E-state index contributed by atoms with van der Waals surface area (Å²) in [7, 11) is 0. The number of halogens is 3. The molecule has 17 heavy (non-hydrogen) atoms. The van der Waals surface area contributed by atoms with Crippen LogP contribution in [-0.4, -0.2) is 17.6 Å². The van der Waals surface area contributed by atoms with Crippen molar-refractivity contribution in [3.63, 3.8) is 0 Å². The lowest BCUT2D eigenvalue weighted by atomic mass is 10.2. The highest BCUT2D eigenvalue weighted by atomic mass is 19.4. The third-order valence-corrected chi connectivity index (χ3v) is 1.90. The normalized spacial score (nSPS) is 12.9. The van der Waals surface area contributed by atoms with Crippen molar-refractivity contribution in [1.29, 1.82) is 5.26 Å². The van der Waals surface area contributed by atoms with E-state index in [4.69, 9.17) is 11.0 Å². The molecule has 0 aliphatic carbocycles. The first-order chi connectivity index (χ1) is 7.84. The average molecular weight is 244 g/mol. The summed E-state index contributed by atoms with van der Waals surface area (Å²) in [6.45, 7) is 1.93. The van der Waals surface area contributed by atoms with Gasteiger partial charge in [0.25, 0.3) is 0 Å². The van der Waals surface area contributed by atoms with Gasteiger partial charge < -0.3 is 11.1 Å². The number of pyridine rings is 1. The number of hydrogen-bond donors (Lipinski definition) is 2. The Balaban J connectivity index is 3.04. The zero-order valence-corrected chi connectivity index (χ0v) is 9.04. The highest BCUT2D eigenvalue weighted by Crippen LogP contribution is 2.29. The minimum absolute atomic E-state index is 0.0543. The zero-order valence-electron chi connectivity index (χ0n) is 9.04. The molecule has 1 atom stereocenters. The van der Waals surface area contributed by atoms with Crippen molar-refractivity contribution in [2.24, 2.45) is 5.73 Å². The van der Waals surface area contributed by atoms with Gasteiger partial charge in [0.15, 0.2) is 0 Å². The molecule has 0 saturated carbocycles. The molecule has 1 rings (SSSR count). The van der Waals surface area contributed by atoms with Crippen LogP contribution in [0, 0.1) is 11.3 Å². The zero-order chi connectivity index (χ0) is 13.1. The highest BCUT2D eigenvalue weighted by molar-refractivity contribution is 5.52. The Morgan fingerprint density at radius 1 is 1.53 bits per heavy atom. The lowest BCUT2D eigenvalue weighted by molar-refractivity contribution is -0.141. The van der Waals surface area contributed by atoms with Gasteiger partial charge in [-0.25, -0.2) is 4.98 Å². The molecule has 0 fully saturated rings. The van der Waals surface area contributed by atoms with Gasteiger partial charge in [0.05, 0.1) is 5.56 Å². The largest absolute Gasteiger partial charge is 0.433 e. The van der Waals surface area contributed by atoms with E-state index in [1.165, 1.54) is 0 Å². The number of aromatic nitrogens is 1. The quantitative estimate of drug-likeness (QED) is 0.849. The Morgan fingerprint density at radius 2 is 2.18 bits per heavy atom. The topological polar surface area (TPSA) is 74.7 Å². The van der Waals surface area contributed by atoms with E-state index < -0.39 is 11.9 Å². The van der Waals surface area contributed by atoms with Gasteiger partial charge >= 0.3 is 6.18 Å². The summed E-state index contributed by atoms with van der Waals surface area (Å²) in [5, 5.41) is 11.4. The van der Waals surface area contributed by atoms with Gasteiger partial charge in [-0.1, -0.05) is 0 Å². The van der Waals surface area contributed by atoms with Crippen LogP contribution in [0.5, 0.6) is 0 Å². The molecule has 1 unspecified atom stereocenters. The standard InChI is InChI=1S/C10H11F3N4/c1-6(15)5-16-9-7(4-14)2-3-8(17-9)10(11,12)13/h2-3,6H,5,15H2,1H3,(H,16,17). The number of hydrogen-bond acceptors (Lipinski definition) is 4. The molecule has 0 aromatic carbocycles. The van der Waals surface area contributed by atoms with Crippen molar-refractivity contribution in [1.82, 2.24) is 4.98 Å². The van der Waals surface area contributed by atoms with Crippen molar-refractivity contribution in [2.45, 2.75) is 19.1 Å². The predicted octanol–water partition coefficient (Wildman–Crippen LogP) is 1.73. The van der Waals surface area contributed by atoms with E-state index in [-0.39, 0.29) is 24.0 Å². The fourth-order valence-electron chi connectivity index (χ4n) is 1.10. The summed E-state index contributed by atoms with van der Waals surface area (Å²) in [4.78, 5) is 3.37. The van der Waals surface area contributed by atoms with Crippen LogP contribution in [-0.2, 0) is 6.18 Å². The van der Waals surface area contributed by atoms with E-state index in [2.05, 4.69) is 10.3 Å². The van der Waals surface area contributed by atoms with Crippen molar-refractivity contribution in [2.75, 3.05) is 11.9 Å². The van der Waals surface area contributed by atoms with Crippen LogP contribution in [0.3, 0.4) is 0 Å². The maximum absolute atomic E-state index is 12.4. The van der Waals surface area contributed by atoms with Crippen LogP contribution in [0.15, 0.2) is 12.1 Å². The molecule has 0 saturated heterocycles. The minimum atomic E-state index is -4.53. The fourth-order valence-corrected chi connectivity index (χ4v) is 1.10.